The Hall–Kier alpha value is -0.980. The standard InChI is InChI=1S/C11H16N2O3S/c1-8(10-6-17-7-12-10)13-2-3-16-9(5-13)4-11(14)15/h6-9H,2-5H2,1H3,(H,14,15). The zero-order valence-corrected chi connectivity index (χ0v) is 10.5. The second-order valence-corrected chi connectivity index (χ2v) is 4.89. The summed E-state index contributed by atoms with van der Waals surface area (Å²) in [4.78, 5) is 17.2. The zero-order chi connectivity index (χ0) is 12.3. The van der Waals surface area contributed by atoms with E-state index in [1.807, 2.05) is 10.9 Å². The van der Waals surface area contributed by atoms with Crippen LogP contribution in [0.3, 0.4) is 0 Å². The van der Waals surface area contributed by atoms with Gasteiger partial charge >= 0.3 is 5.97 Å². The lowest BCUT2D eigenvalue weighted by atomic mass is 10.1. The second-order valence-electron chi connectivity index (χ2n) is 4.17. The Morgan fingerprint density at radius 3 is 3.29 bits per heavy atom. The highest BCUT2D eigenvalue weighted by Gasteiger charge is 2.26. The van der Waals surface area contributed by atoms with E-state index in [-0.39, 0.29) is 18.6 Å². The monoisotopic (exact) mass is 256 g/mol. The summed E-state index contributed by atoms with van der Waals surface area (Å²) in [5, 5.41) is 10.8. The Bertz CT molecular complexity index is 369. The highest BCUT2D eigenvalue weighted by Crippen LogP contribution is 2.22. The molecule has 1 aliphatic heterocycles. The number of aliphatic carboxylic acids is 1. The predicted molar refractivity (Wildman–Crippen MR) is 64.1 cm³/mol. The molecule has 1 N–H and O–H groups in total. The summed E-state index contributed by atoms with van der Waals surface area (Å²) in [6, 6.07) is 0.224. The Kier molecular flexibility index (Phi) is 4.09. The van der Waals surface area contributed by atoms with E-state index in [1.165, 1.54) is 0 Å². The number of carboxylic acid groups (broad SMARTS) is 1. The number of carboxylic acids is 1. The van der Waals surface area contributed by atoms with Crippen molar-refractivity contribution in [1.82, 2.24) is 9.88 Å². The van der Waals surface area contributed by atoms with Crippen LogP contribution in [0.2, 0.25) is 0 Å². The van der Waals surface area contributed by atoms with Crippen LogP contribution in [-0.4, -0.2) is 46.8 Å². The fourth-order valence-corrected chi connectivity index (χ4v) is 2.67. The van der Waals surface area contributed by atoms with E-state index in [0.717, 1.165) is 12.2 Å². The number of rotatable bonds is 4. The molecule has 6 heteroatoms. The predicted octanol–water partition coefficient (Wildman–Crippen LogP) is 1.38. The SMILES string of the molecule is CC(c1cscn1)N1CCOC(CC(=O)O)C1. The second kappa shape index (κ2) is 5.57. The minimum atomic E-state index is -0.807. The van der Waals surface area contributed by atoms with Gasteiger partial charge in [0.05, 0.1) is 36.4 Å². The number of ether oxygens (including phenoxy) is 1. The van der Waals surface area contributed by atoms with Gasteiger partial charge < -0.3 is 9.84 Å². The maximum atomic E-state index is 10.7. The average molecular weight is 256 g/mol. The number of carbonyl (C=O) groups is 1. The lowest BCUT2D eigenvalue weighted by molar-refractivity contribution is -0.142. The maximum absolute atomic E-state index is 10.7. The molecule has 94 valence electrons. The number of hydrogen-bond donors (Lipinski definition) is 1. The van der Waals surface area contributed by atoms with E-state index >= 15 is 0 Å². The Labute approximate surface area is 104 Å². The van der Waals surface area contributed by atoms with Crippen LogP contribution < -0.4 is 0 Å². The van der Waals surface area contributed by atoms with E-state index in [0.29, 0.717) is 13.2 Å². The van der Waals surface area contributed by atoms with Gasteiger partial charge in [-0.3, -0.25) is 9.69 Å². The third-order valence-electron chi connectivity index (χ3n) is 3.00. The van der Waals surface area contributed by atoms with Gasteiger partial charge in [-0.25, -0.2) is 4.98 Å². The quantitative estimate of drug-likeness (QED) is 0.881. The summed E-state index contributed by atoms with van der Waals surface area (Å²) in [5.74, 6) is -0.807. The fourth-order valence-electron chi connectivity index (χ4n) is 2.03. The molecule has 1 fully saturated rings. The van der Waals surface area contributed by atoms with Gasteiger partial charge in [0.15, 0.2) is 0 Å². The molecule has 1 aliphatic rings. The molecule has 0 saturated carbocycles. The van der Waals surface area contributed by atoms with Crippen molar-refractivity contribution in [2.45, 2.75) is 25.5 Å². The Balaban J connectivity index is 1.95. The van der Waals surface area contributed by atoms with Gasteiger partial charge in [0, 0.05) is 18.5 Å². The fraction of sp³-hybridized carbons (Fsp3) is 0.636. The first-order valence-electron chi connectivity index (χ1n) is 5.62. The molecule has 1 aromatic rings. The van der Waals surface area contributed by atoms with E-state index in [2.05, 4.69) is 16.8 Å². The Morgan fingerprint density at radius 1 is 1.82 bits per heavy atom. The van der Waals surface area contributed by atoms with Crippen LogP contribution in [-0.2, 0) is 9.53 Å². The summed E-state index contributed by atoms with van der Waals surface area (Å²) in [6.07, 6.45) is -0.136. The third kappa shape index (κ3) is 3.24. The minimum absolute atomic E-state index is 0.0697. The van der Waals surface area contributed by atoms with Crippen molar-refractivity contribution in [2.75, 3.05) is 19.7 Å². The molecule has 0 bridgehead atoms. The van der Waals surface area contributed by atoms with Crippen LogP contribution in [0.4, 0.5) is 0 Å². The number of aromatic nitrogens is 1. The molecule has 5 nitrogen and oxygen atoms in total. The molecule has 17 heavy (non-hydrogen) atoms. The summed E-state index contributed by atoms with van der Waals surface area (Å²) in [7, 11) is 0. The van der Waals surface area contributed by atoms with Gasteiger partial charge in [-0.1, -0.05) is 0 Å². The normalized spacial score (nSPS) is 23.5. The van der Waals surface area contributed by atoms with Crippen molar-refractivity contribution >= 4 is 17.3 Å². The van der Waals surface area contributed by atoms with E-state index in [9.17, 15) is 4.79 Å². The summed E-state index contributed by atoms with van der Waals surface area (Å²) in [5.41, 5.74) is 2.87. The molecule has 2 atom stereocenters. The van der Waals surface area contributed by atoms with Gasteiger partial charge in [-0.05, 0) is 6.92 Å². The summed E-state index contributed by atoms with van der Waals surface area (Å²) in [6.45, 7) is 4.17. The Morgan fingerprint density at radius 2 is 2.65 bits per heavy atom. The lowest BCUT2D eigenvalue weighted by Crippen LogP contribution is -2.44. The van der Waals surface area contributed by atoms with E-state index in [1.54, 1.807) is 11.3 Å². The van der Waals surface area contributed by atoms with Crippen molar-refractivity contribution in [2.24, 2.45) is 0 Å². The highest BCUT2D eigenvalue weighted by molar-refractivity contribution is 7.07. The molecular formula is C11H16N2O3S. The van der Waals surface area contributed by atoms with Crippen molar-refractivity contribution in [3.05, 3.63) is 16.6 Å². The molecule has 2 unspecified atom stereocenters. The van der Waals surface area contributed by atoms with Crippen molar-refractivity contribution < 1.29 is 14.6 Å². The molecule has 0 radical (unpaired) electrons. The number of nitrogens with zero attached hydrogens (tertiary/aromatic N) is 2. The molecule has 0 spiro atoms. The van der Waals surface area contributed by atoms with Gasteiger partial charge in [-0.15, -0.1) is 11.3 Å². The topological polar surface area (TPSA) is 62.7 Å². The maximum Gasteiger partial charge on any atom is 0.306 e. The van der Waals surface area contributed by atoms with Crippen molar-refractivity contribution in [3.8, 4) is 0 Å². The van der Waals surface area contributed by atoms with Crippen LogP contribution in [0, 0.1) is 0 Å². The van der Waals surface area contributed by atoms with Gasteiger partial charge in [0.25, 0.3) is 0 Å². The van der Waals surface area contributed by atoms with Crippen molar-refractivity contribution in [1.29, 1.82) is 0 Å². The number of hydrogen-bond acceptors (Lipinski definition) is 5. The first-order valence-corrected chi connectivity index (χ1v) is 6.56. The van der Waals surface area contributed by atoms with Gasteiger partial charge in [0.1, 0.15) is 0 Å². The highest BCUT2D eigenvalue weighted by atomic mass is 32.1. The molecular weight excluding hydrogens is 240 g/mol. The lowest BCUT2D eigenvalue weighted by Gasteiger charge is -2.35. The number of morpholine rings is 1. The third-order valence-corrected chi connectivity index (χ3v) is 3.60. The zero-order valence-electron chi connectivity index (χ0n) is 9.70. The van der Waals surface area contributed by atoms with Crippen LogP contribution in [0.5, 0.6) is 0 Å². The van der Waals surface area contributed by atoms with Gasteiger partial charge in [0.2, 0.25) is 0 Å². The first kappa shape index (κ1) is 12.5. The van der Waals surface area contributed by atoms with E-state index < -0.39 is 5.97 Å². The summed E-state index contributed by atoms with van der Waals surface area (Å²) >= 11 is 1.58. The molecule has 0 amide bonds. The van der Waals surface area contributed by atoms with Crippen molar-refractivity contribution in [3.63, 3.8) is 0 Å². The average Bonchev–Trinajstić information content (AvgIpc) is 2.81. The van der Waals surface area contributed by atoms with Crippen LogP contribution in [0.25, 0.3) is 0 Å². The number of thiazole rings is 1. The first-order chi connectivity index (χ1) is 8.16. The molecule has 1 aromatic heterocycles. The smallest absolute Gasteiger partial charge is 0.306 e. The minimum Gasteiger partial charge on any atom is -0.481 e. The van der Waals surface area contributed by atoms with Crippen LogP contribution in [0.15, 0.2) is 10.9 Å². The molecule has 0 aromatic carbocycles. The molecule has 2 rings (SSSR count). The molecule has 0 aliphatic carbocycles. The van der Waals surface area contributed by atoms with Crippen LogP contribution in [0.1, 0.15) is 25.1 Å². The molecule has 2 heterocycles. The van der Waals surface area contributed by atoms with Gasteiger partial charge in [-0.2, -0.15) is 0 Å². The largest absolute Gasteiger partial charge is 0.481 e. The molecule has 1 saturated heterocycles. The van der Waals surface area contributed by atoms with E-state index in [4.69, 9.17) is 9.84 Å². The van der Waals surface area contributed by atoms with Crippen LogP contribution >= 0.6 is 11.3 Å². The summed E-state index contributed by atoms with van der Waals surface area (Å²) < 4.78 is 5.45.